The van der Waals surface area contributed by atoms with Crippen molar-refractivity contribution >= 4 is 6.09 Å². The van der Waals surface area contributed by atoms with E-state index in [1.54, 1.807) is 0 Å². The SMILES string of the molecule is CCOCCOCCOCCOCCOC(N)=O. The van der Waals surface area contributed by atoms with Gasteiger partial charge in [0.05, 0.1) is 46.2 Å². The topological polar surface area (TPSA) is 89.2 Å². The third kappa shape index (κ3) is 15.1. The van der Waals surface area contributed by atoms with Crippen molar-refractivity contribution in [1.82, 2.24) is 0 Å². The Balaban J connectivity index is 2.92. The van der Waals surface area contributed by atoms with Crippen LogP contribution < -0.4 is 5.73 Å². The molecular weight excluding hydrogens is 242 g/mol. The third-order valence-corrected chi connectivity index (χ3v) is 1.79. The molecule has 0 unspecified atom stereocenters. The molecule has 0 rings (SSSR count). The summed E-state index contributed by atoms with van der Waals surface area (Å²) in [6.07, 6.45) is -0.793. The Morgan fingerprint density at radius 3 is 1.56 bits per heavy atom. The van der Waals surface area contributed by atoms with Crippen molar-refractivity contribution in [3.8, 4) is 0 Å². The zero-order chi connectivity index (χ0) is 13.5. The predicted octanol–water partition coefficient (Wildman–Crippen LogP) is 0.168. The summed E-state index contributed by atoms with van der Waals surface area (Å²) in [6, 6.07) is 0. The maximum Gasteiger partial charge on any atom is 0.404 e. The van der Waals surface area contributed by atoms with Crippen LogP contribution in [-0.2, 0) is 23.7 Å². The van der Waals surface area contributed by atoms with Crippen molar-refractivity contribution in [1.29, 1.82) is 0 Å². The fourth-order valence-corrected chi connectivity index (χ4v) is 1.01. The van der Waals surface area contributed by atoms with E-state index in [-0.39, 0.29) is 6.61 Å². The molecular formula is C11H23NO6. The van der Waals surface area contributed by atoms with E-state index in [4.69, 9.17) is 24.7 Å². The molecule has 0 aliphatic heterocycles. The van der Waals surface area contributed by atoms with Crippen LogP contribution in [0.25, 0.3) is 0 Å². The van der Waals surface area contributed by atoms with E-state index in [2.05, 4.69) is 4.74 Å². The highest BCUT2D eigenvalue weighted by molar-refractivity contribution is 5.64. The molecule has 0 fully saturated rings. The number of rotatable bonds is 13. The first-order valence-corrected chi connectivity index (χ1v) is 6.00. The third-order valence-electron chi connectivity index (χ3n) is 1.79. The molecule has 0 aromatic heterocycles. The number of hydrogen-bond acceptors (Lipinski definition) is 6. The van der Waals surface area contributed by atoms with Crippen LogP contribution in [0.15, 0.2) is 0 Å². The summed E-state index contributed by atoms with van der Waals surface area (Å²) in [5.41, 5.74) is 4.77. The number of primary amides is 1. The minimum Gasteiger partial charge on any atom is -0.447 e. The molecule has 0 saturated carbocycles. The van der Waals surface area contributed by atoms with Crippen LogP contribution in [0.2, 0.25) is 0 Å². The lowest BCUT2D eigenvalue weighted by Crippen LogP contribution is -2.17. The van der Waals surface area contributed by atoms with Gasteiger partial charge in [-0.25, -0.2) is 4.79 Å². The number of hydrogen-bond donors (Lipinski definition) is 1. The molecule has 0 saturated heterocycles. The van der Waals surface area contributed by atoms with Gasteiger partial charge in [0.25, 0.3) is 0 Å². The van der Waals surface area contributed by atoms with E-state index in [9.17, 15) is 4.79 Å². The Bertz CT molecular complexity index is 190. The highest BCUT2D eigenvalue weighted by atomic mass is 16.6. The minimum absolute atomic E-state index is 0.163. The first-order chi connectivity index (χ1) is 8.77. The maximum absolute atomic E-state index is 10.2. The Labute approximate surface area is 107 Å². The van der Waals surface area contributed by atoms with Crippen LogP contribution in [0.4, 0.5) is 4.79 Å². The molecule has 0 aromatic rings. The second kappa shape index (κ2) is 14.2. The summed E-state index contributed by atoms with van der Waals surface area (Å²) in [6.45, 7) is 6.30. The Morgan fingerprint density at radius 2 is 1.17 bits per heavy atom. The smallest absolute Gasteiger partial charge is 0.404 e. The lowest BCUT2D eigenvalue weighted by Gasteiger charge is -2.06. The summed E-state index contributed by atoms with van der Waals surface area (Å²) in [4.78, 5) is 10.2. The van der Waals surface area contributed by atoms with Crippen molar-refractivity contribution in [2.75, 3.05) is 59.5 Å². The van der Waals surface area contributed by atoms with Crippen LogP contribution in [0.3, 0.4) is 0 Å². The molecule has 108 valence electrons. The van der Waals surface area contributed by atoms with Gasteiger partial charge in [-0.15, -0.1) is 0 Å². The largest absolute Gasteiger partial charge is 0.447 e. The van der Waals surface area contributed by atoms with Crippen molar-refractivity contribution < 1.29 is 28.5 Å². The van der Waals surface area contributed by atoms with Crippen LogP contribution in [0, 0.1) is 0 Å². The fraction of sp³-hybridized carbons (Fsp3) is 0.909. The average molecular weight is 265 g/mol. The van der Waals surface area contributed by atoms with Gasteiger partial charge in [-0.2, -0.15) is 0 Å². The molecule has 7 heteroatoms. The molecule has 0 atom stereocenters. The van der Waals surface area contributed by atoms with Crippen molar-refractivity contribution in [2.45, 2.75) is 6.92 Å². The molecule has 0 radical (unpaired) electrons. The first-order valence-electron chi connectivity index (χ1n) is 6.00. The summed E-state index contributed by atoms with van der Waals surface area (Å²) in [7, 11) is 0. The van der Waals surface area contributed by atoms with E-state index in [1.807, 2.05) is 6.92 Å². The van der Waals surface area contributed by atoms with Gasteiger partial charge in [0.15, 0.2) is 0 Å². The monoisotopic (exact) mass is 265 g/mol. The van der Waals surface area contributed by atoms with Gasteiger partial charge in [0, 0.05) is 6.61 Å². The highest BCUT2D eigenvalue weighted by Crippen LogP contribution is 1.83. The normalized spacial score (nSPS) is 10.5. The quantitative estimate of drug-likeness (QED) is 0.477. The summed E-state index contributed by atoms with van der Waals surface area (Å²) in [5, 5.41) is 0. The molecule has 0 spiro atoms. The van der Waals surface area contributed by atoms with E-state index < -0.39 is 6.09 Å². The Morgan fingerprint density at radius 1 is 0.778 bits per heavy atom. The Hall–Kier alpha value is -0.890. The van der Waals surface area contributed by atoms with Gasteiger partial charge >= 0.3 is 6.09 Å². The molecule has 0 heterocycles. The molecule has 7 nitrogen and oxygen atoms in total. The average Bonchev–Trinajstić information content (AvgIpc) is 2.34. The standard InChI is InChI=1S/C11H23NO6/c1-2-14-3-4-15-5-6-16-7-8-17-9-10-18-11(12)13/h2-10H2,1H3,(H2,12,13). The number of carbonyl (C=O) groups is 1. The summed E-state index contributed by atoms with van der Waals surface area (Å²) >= 11 is 0. The number of amides is 1. The van der Waals surface area contributed by atoms with Gasteiger partial charge in [0.2, 0.25) is 0 Å². The zero-order valence-corrected chi connectivity index (χ0v) is 10.9. The van der Waals surface area contributed by atoms with E-state index in [0.717, 1.165) is 0 Å². The summed E-state index contributed by atoms with van der Waals surface area (Å²) in [5.74, 6) is 0. The second-order valence-electron chi connectivity index (χ2n) is 3.20. The zero-order valence-electron chi connectivity index (χ0n) is 10.9. The number of ether oxygens (including phenoxy) is 5. The van der Waals surface area contributed by atoms with Crippen LogP contribution >= 0.6 is 0 Å². The molecule has 18 heavy (non-hydrogen) atoms. The van der Waals surface area contributed by atoms with Crippen LogP contribution in [0.5, 0.6) is 0 Å². The highest BCUT2D eigenvalue weighted by Gasteiger charge is 1.94. The lowest BCUT2D eigenvalue weighted by atomic mass is 10.7. The van der Waals surface area contributed by atoms with Crippen molar-refractivity contribution in [2.24, 2.45) is 5.73 Å². The molecule has 2 N–H and O–H groups in total. The maximum atomic E-state index is 10.2. The fourth-order valence-electron chi connectivity index (χ4n) is 1.01. The van der Waals surface area contributed by atoms with Gasteiger partial charge in [0.1, 0.15) is 6.61 Å². The lowest BCUT2D eigenvalue weighted by molar-refractivity contribution is -0.00516. The van der Waals surface area contributed by atoms with Gasteiger partial charge in [-0.05, 0) is 6.92 Å². The number of nitrogens with two attached hydrogens (primary N) is 1. The van der Waals surface area contributed by atoms with E-state index in [0.29, 0.717) is 52.9 Å². The molecule has 0 aliphatic carbocycles. The van der Waals surface area contributed by atoms with Crippen molar-refractivity contribution in [3.05, 3.63) is 0 Å². The predicted molar refractivity (Wildman–Crippen MR) is 64.5 cm³/mol. The van der Waals surface area contributed by atoms with Crippen molar-refractivity contribution in [3.63, 3.8) is 0 Å². The van der Waals surface area contributed by atoms with E-state index >= 15 is 0 Å². The molecule has 0 aliphatic rings. The summed E-state index contributed by atoms with van der Waals surface area (Å²) < 4.78 is 25.2. The number of carbonyl (C=O) groups excluding carboxylic acids is 1. The van der Waals surface area contributed by atoms with Gasteiger partial charge in [-0.1, -0.05) is 0 Å². The molecule has 0 bridgehead atoms. The van der Waals surface area contributed by atoms with Crippen LogP contribution in [0.1, 0.15) is 6.92 Å². The minimum atomic E-state index is -0.793. The molecule has 0 aromatic carbocycles. The van der Waals surface area contributed by atoms with E-state index in [1.165, 1.54) is 0 Å². The van der Waals surface area contributed by atoms with Gasteiger partial charge in [-0.3, -0.25) is 0 Å². The van der Waals surface area contributed by atoms with Gasteiger partial charge < -0.3 is 29.4 Å². The molecule has 1 amide bonds. The first kappa shape index (κ1) is 17.1. The Kier molecular flexibility index (Phi) is 13.5. The van der Waals surface area contributed by atoms with Crippen LogP contribution in [-0.4, -0.2) is 65.6 Å². The second-order valence-corrected chi connectivity index (χ2v) is 3.20.